The molecule has 1 aromatic carbocycles. The molecule has 0 aromatic heterocycles. The normalized spacial score (nSPS) is 19.2. The third kappa shape index (κ3) is 1.66. The summed E-state index contributed by atoms with van der Waals surface area (Å²) in [6.45, 7) is 0.564. The van der Waals surface area contributed by atoms with Crippen molar-refractivity contribution in [3.63, 3.8) is 0 Å². The first kappa shape index (κ1) is 10.3. The molecule has 0 spiro atoms. The topological polar surface area (TPSA) is 20.3 Å². The molecule has 1 unspecified atom stereocenters. The fraction of sp³-hybridized carbons (Fsp3) is 0.214. The Hall–Kier alpha value is -2.19. The van der Waals surface area contributed by atoms with E-state index in [1.165, 1.54) is 0 Å². The zero-order valence-electron chi connectivity index (χ0n) is 8.81. The van der Waals surface area contributed by atoms with Crippen LogP contribution in [0.15, 0.2) is 24.3 Å². The molecule has 1 aliphatic rings. The number of anilines is 1. The maximum Gasteiger partial charge on any atom is 0.228 e. The van der Waals surface area contributed by atoms with Gasteiger partial charge in [-0.1, -0.05) is 18.1 Å². The first-order chi connectivity index (χ1) is 7.76. The fourth-order valence-electron chi connectivity index (χ4n) is 1.88. The van der Waals surface area contributed by atoms with E-state index in [4.69, 9.17) is 12.8 Å². The quantitative estimate of drug-likeness (QED) is 0.644. The third-order valence-electron chi connectivity index (χ3n) is 2.71. The minimum atomic E-state index is -0.00155. The van der Waals surface area contributed by atoms with Crippen molar-refractivity contribution in [1.82, 2.24) is 0 Å². The van der Waals surface area contributed by atoms with E-state index >= 15 is 0 Å². The van der Waals surface area contributed by atoms with Gasteiger partial charge >= 0.3 is 0 Å². The zero-order chi connectivity index (χ0) is 11.5. The summed E-state index contributed by atoms with van der Waals surface area (Å²) in [7, 11) is 0. The minimum Gasteiger partial charge on any atom is -0.310 e. The number of para-hydroxylation sites is 1. The van der Waals surface area contributed by atoms with Crippen molar-refractivity contribution < 1.29 is 4.79 Å². The maximum atomic E-state index is 11.8. The Morgan fingerprint density at radius 2 is 2.06 bits per heavy atom. The summed E-state index contributed by atoms with van der Waals surface area (Å²) in [4.78, 5) is 13.5. The van der Waals surface area contributed by atoms with Gasteiger partial charge in [0.15, 0.2) is 0 Å². The fourth-order valence-corrected chi connectivity index (χ4v) is 1.88. The Bertz CT molecular complexity index is 504. The first-order valence-corrected chi connectivity index (χ1v) is 5.08. The van der Waals surface area contributed by atoms with Gasteiger partial charge in [0.05, 0.1) is 5.69 Å². The number of terminal acetylenes is 2. The summed E-state index contributed by atoms with van der Waals surface area (Å²) in [6, 6.07) is 7.41. The maximum absolute atomic E-state index is 11.8. The molecule has 0 aliphatic carbocycles. The Labute approximate surface area is 95.3 Å². The number of benzene rings is 1. The van der Waals surface area contributed by atoms with Gasteiger partial charge in [-0.2, -0.15) is 0 Å². The van der Waals surface area contributed by atoms with Crippen LogP contribution in [-0.2, 0) is 4.79 Å². The molecular weight excluding hydrogens is 198 g/mol. The largest absolute Gasteiger partial charge is 0.310 e. The number of hydrogen-bond donors (Lipinski definition) is 0. The van der Waals surface area contributed by atoms with E-state index < -0.39 is 0 Å². The lowest BCUT2D eigenvalue weighted by molar-refractivity contribution is -0.117. The molecule has 0 radical (unpaired) electrons. The Morgan fingerprint density at radius 3 is 2.69 bits per heavy atom. The lowest BCUT2D eigenvalue weighted by Gasteiger charge is -2.17. The van der Waals surface area contributed by atoms with Gasteiger partial charge in [-0.3, -0.25) is 4.79 Å². The minimum absolute atomic E-state index is 0.00155. The highest BCUT2D eigenvalue weighted by Gasteiger charge is 2.30. The lowest BCUT2D eigenvalue weighted by atomic mass is 10.1. The van der Waals surface area contributed by atoms with E-state index in [1.807, 2.05) is 24.3 Å². The smallest absolute Gasteiger partial charge is 0.228 e. The van der Waals surface area contributed by atoms with Crippen molar-refractivity contribution in [3.8, 4) is 24.7 Å². The van der Waals surface area contributed by atoms with Crippen LogP contribution in [-0.4, -0.2) is 12.5 Å². The Balaban J connectivity index is 2.36. The molecule has 78 valence electrons. The molecule has 2 heteroatoms. The molecule has 2 nitrogen and oxygen atoms in total. The molecule has 1 aliphatic heterocycles. The predicted molar refractivity (Wildman–Crippen MR) is 63.7 cm³/mol. The van der Waals surface area contributed by atoms with E-state index in [9.17, 15) is 4.79 Å². The van der Waals surface area contributed by atoms with Crippen molar-refractivity contribution in [2.45, 2.75) is 6.42 Å². The number of hydrogen-bond acceptors (Lipinski definition) is 1. The summed E-state index contributed by atoms with van der Waals surface area (Å²) in [6.07, 6.45) is 11.2. The van der Waals surface area contributed by atoms with Crippen LogP contribution in [0.4, 0.5) is 5.69 Å². The molecule has 0 saturated carbocycles. The van der Waals surface area contributed by atoms with Crippen molar-refractivity contribution in [3.05, 3.63) is 29.8 Å². The average molecular weight is 209 g/mol. The predicted octanol–water partition coefficient (Wildman–Crippen LogP) is 1.65. The highest BCUT2D eigenvalue weighted by atomic mass is 16.2. The molecule has 2 rings (SSSR count). The van der Waals surface area contributed by atoms with Crippen LogP contribution in [0.5, 0.6) is 0 Å². The Kier molecular flexibility index (Phi) is 2.66. The van der Waals surface area contributed by atoms with E-state index in [1.54, 1.807) is 4.90 Å². The van der Waals surface area contributed by atoms with Crippen molar-refractivity contribution >= 4 is 11.6 Å². The molecule has 0 N–H and O–H groups in total. The highest BCUT2D eigenvalue weighted by molar-refractivity contribution is 5.97. The molecule has 1 fully saturated rings. The van der Waals surface area contributed by atoms with Crippen LogP contribution in [0.2, 0.25) is 0 Å². The molecule has 16 heavy (non-hydrogen) atoms. The third-order valence-corrected chi connectivity index (χ3v) is 2.71. The van der Waals surface area contributed by atoms with Crippen molar-refractivity contribution in [2.75, 3.05) is 11.4 Å². The van der Waals surface area contributed by atoms with E-state index in [2.05, 4.69) is 11.8 Å². The van der Waals surface area contributed by atoms with Crippen LogP contribution in [0.3, 0.4) is 0 Å². The monoisotopic (exact) mass is 209 g/mol. The van der Waals surface area contributed by atoms with Gasteiger partial charge in [0.25, 0.3) is 0 Å². The number of nitrogens with zero attached hydrogens (tertiary/aromatic N) is 1. The van der Waals surface area contributed by atoms with Gasteiger partial charge < -0.3 is 4.90 Å². The van der Waals surface area contributed by atoms with Gasteiger partial charge in [0.1, 0.15) is 0 Å². The number of amides is 1. The summed E-state index contributed by atoms with van der Waals surface area (Å²) >= 11 is 0. The summed E-state index contributed by atoms with van der Waals surface area (Å²) in [5.74, 6) is 5.24. The van der Waals surface area contributed by atoms with Gasteiger partial charge in [-0.15, -0.1) is 18.8 Å². The zero-order valence-corrected chi connectivity index (χ0v) is 8.81. The van der Waals surface area contributed by atoms with E-state index in [0.29, 0.717) is 13.0 Å². The molecule has 1 heterocycles. The number of rotatable bonds is 1. The highest BCUT2D eigenvalue weighted by Crippen LogP contribution is 2.27. The average Bonchev–Trinajstić information content (AvgIpc) is 2.70. The summed E-state index contributed by atoms with van der Waals surface area (Å²) in [5.41, 5.74) is 1.52. The van der Waals surface area contributed by atoms with Crippen LogP contribution in [0, 0.1) is 30.6 Å². The SMILES string of the molecule is C#Cc1ccccc1N1CC(C#C)CC1=O. The molecule has 0 bridgehead atoms. The van der Waals surface area contributed by atoms with Gasteiger partial charge in [0, 0.05) is 24.4 Å². The van der Waals surface area contributed by atoms with Crippen molar-refractivity contribution in [2.24, 2.45) is 5.92 Å². The first-order valence-electron chi connectivity index (χ1n) is 5.08. The second-order valence-corrected chi connectivity index (χ2v) is 3.73. The molecular formula is C14H11NO. The molecule has 1 saturated heterocycles. The van der Waals surface area contributed by atoms with Gasteiger partial charge in [-0.25, -0.2) is 0 Å². The van der Waals surface area contributed by atoms with Gasteiger partial charge in [0.2, 0.25) is 5.91 Å². The van der Waals surface area contributed by atoms with Crippen LogP contribution in [0.1, 0.15) is 12.0 Å². The van der Waals surface area contributed by atoms with E-state index in [-0.39, 0.29) is 11.8 Å². The molecule has 1 amide bonds. The van der Waals surface area contributed by atoms with Crippen LogP contribution < -0.4 is 4.90 Å². The van der Waals surface area contributed by atoms with Crippen LogP contribution >= 0.6 is 0 Å². The number of carbonyl (C=O) groups is 1. The Morgan fingerprint density at radius 1 is 1.31 bits per heavy atom. The molecule has 1 atom stereocenters. The standard InChI is InChI=1S/C14H11NO/c1-3-11-9-14(16)15(10-11)13-8-6-5-7-12(13)4-2/h1-2,5-8,11H,9-10H2. The second-order valence-electron chi connectivity index (χ2n) is 3.73. The second kappa shape index (κ2) is 4.13. The summed E-state index contributed by atoms with van der Waals surface area (Å²) in [5, 5.41) is 0. The molecule has 1 aromatic rings. The lowest BCUT2D eigenvalue weighted by Crippen LogP contribution is -2.25. The summed E-state index contributed by atoms with van der Waals surface area (Å²) < 4.78 is 0. The van der Waals surface area contributed by atoms with E-state index in [0.717, 1.165) is 11.3 Å². The van der Waals surface area contributed by atoms with Gasteiger partial charge in [-0.05, 0) is 12.1 Å². The number of carbonyl (C=O) groups excluding carboxylic acids is 1. The van der Waals surface area contributed by atoms with Crippen molar-refractivity contribution in [1.29, 1.82) is 0 Å². The van der Waals surface area contributed by atoms with Crippen LogP contribution in [0.25, 0.3) is 0 Å².